The summed E-state index contributed by atoms with van der Waals surface area (Å²) in [6, 6.07) is 17.1. The number of hydrogen-bond donors (Lipinski definition) is 1. The van der Waals surface area contributed by atoms with Gasteiger partial charge in [0.2, 0.25) is 11.8 Å². The fourth-order valence-corrected chi connectivity index (χ4v) is 5.11. The summed E-state index contributed by atoms with van der Waals surface area (Å²) in [6.07, 6.45) is 0. The van der Waals surface area contributed by atoms with Gasteiger partial charge in [0.05, 0.1) is 17.7 Å². The molecule has 0 aliphatic rings. The van der Waals surface area contributed by atoms with E-state index in [4.69, 9.17) is 4.74 Å². The van der Waals surface area contributed by atoms with Crippen LogP contribution in [0.3, 0.4) is 0 Å². The van der Waals surface area contributed by atoms with Gasteiger partial charge in [0.1, 0.15) is 24.2 Å². The molecule has 37 heavy (non-hydrogen) atoms. The molecule has 0 heterocycles. The number of hydrogen-bond acceptors (Lipinski definition) is 5. The maximum absolute atomic E-state index is 13.7. The van der Waals surface area contributed by atoms with E-state index in [0.29, 0.717) is 5.75 Å². The highest BCUT2D eigenvalue weighted by Crippen LogP contribution is 2.25. The summed E-state index contributed by atoms with van der Waals surface area (Å²) >= 11 is 0. The number of ether oxygens (including phenoxy) is 1. The minimum absolute atomic E-state index is 0.0173. The number of nitrogens with one attached hydrogen (secondary N) is 1. The normalized spacial score (nSPS) is 11.9. The highest BCUT2D eigenvalue weighted by atomic mass is 32.2. The molecule has 0 fully saturated rings. The molecule has 8 nitrogen and oxygen atoms in total. The summed E-state index contributed by atoms with van der Waals surface area (Å²) in [7, 11) is -1.20. The lowest BCUT2D eigenvalue weighted by atomic mass is 10.1. The number of rotatable bonds is 10. The van der Waals surface area contributed by atoms with Gasteiger partial charge in [-0.2, -0.15) is 0 Å². The molecule has 0 spiro atoms. The molecule has 3 aromatic rings. The minimum atomic E-state index is -4.20. The van der Waals surface area contributed by atoms with Crippen LogP contribution in [0, 0.1) is 12.7 Å². The molecule has 0 unspecified atom stereocenters. The molecule has 0 radical (unpaired) electrons. The van der Waals surface area contributed by atoms with Crippen LogP contribution < -0.4 is 14.4 Å². The highest BCUT2D eigenvalue weighted by Gasteiger charge is 2.32. The Morgan fingerprint density at radius 3 is 2.11 bits per heavy atom. The van der Waals surface area contributed by atoms with Crippen molar-refractivity contribution in [3.05, 3.63) is 89.7 Å². The van der Waals surface area contributed by atoms with Gasteiger partial charge in [-0.25, -0.2) is 12.8 Å². The number of nitrogens with zero attached hydrogens (tertiary/aromatic N) is 2. The average Bonchev–Trinajstić information content (AvgIpc) is 2.90. The van der Waals surface area contributed by atoms with Gasteiger partial charge in [0.25, 0.3) is 10.0 Å². The summed E-state index contributed by atoms with van der Waals surface area (Å²) in [6.45, 7) is 2.85. The Balaban J connectivity index is 2.00. The zero-order chi connectivity index (χ0) is 27.2. The molecule has 0 aliphatic carbocycles. The summed E-state index contributed by atoms with van der Waals surface area (Å²) in [5.74, 6) is -0.923. The minimum Gasteiger partial charge on any atom is -0.497 e. The molecular weight excluding hydrogens is 497 g/mol. The van der Waals surface area contributed by atoms with Gasteiger partial charge in [-0.3, -0.25) is 13.9 Å². The number of benzene rings is 3. The Kier molecular flexibility index (Phi) is 8.88. The third kappa shape index (κ3) is 6.65. The number of aryl methyl sites for hydroxylation is 1. The van der Waals surface area contributed by atoms with Gasteiger partial charge in [0.15, 0.2) is 0 Å². The Morgan fingerprint density at radius 2 is 1.57 bits per heavy atom. The van der Waals surface area contributed by atoms with Crippen molar-refractivity contribution in [2.45, 2.75) is 31.3 Å². The van der Waals surface area contributed by atoms with E-state index < -0.39 is 40.2 Å². The summed E-state index contributed by atoms with van der Waals surface area (Å²) in [4.78, 5) is 27.4. The van der Waals surface area contributed by atoms with Crippen LogP contribution in [0.5, 0.6) is 5.75 Å². The van der Waals surface area contributed by atoms with E-state index in [9.17, 15) is 22.4 Å². The fourth-order valence-electron chi connectivity index (χ4n) is 3.69. The van der Waals surface area contributed by atoms with Crippen LogP contribution in [0.2, 0.25) is 0 Å². The third-order valence-corrected chi connectivity index (χ3v) is 7.72. The van der Waals surface area contributed by atoms with Crippen LogP contribution in [0.1, 0.15) is 18.1 Å². The Hall–Kier alpha value is -3.92. The van der Waals surface area contributed by atoms with Crippen molar-refractivity contribution >= 4 is 27.5 Å². The molecule has 3 rings (SSSR count). The lowest BCUT2D eigenvalue weighted by molar-refractivity contribution is -0.139. The number of carbonyl (C=O) groups excluding carboxylic acids is 2. The number of carbonyl (C=O) groups is 2. The predicted octanol–water partition coefficient (Wildman–Crippen LogP) is 3.50. The van der Waals surface area contributed by atoms with Crippen molar-refractivity contribution in [2.75, 3.05) is 25.0 Å². The number of halogens is 1. The molecule has 10 heteroatoms. The van der Waals surface area contributed by atoms with Gasteiger partial charge in [-0.15, -0.1) is 0 Å². The topological polar surface area (TPSA) is 96.0 Å². The number of likely N-dealkylation sites (N-methyl/N-ethyl adjacent to an activating group) is 1. The zero-order valence-electron chi connectivity index (χ0n) is 21.1. The van der Waals surface area contributed by atoms with E-state index in [-0.39, 0.29) is 17.1 Å². The third-order valence-electron chi connectivity index (χ3n) is 5.93. The van der Waals surface area contributed by atoms with E-state index in [1.807, 2.05) is 6.92 Å². The van der Waals surface area contributed by atoms with Crippen molar-refractivity contribution in [1.82, 2.24) is 10.2 Å². The van der Waals surface area contributed by atoms with Crippen LogP contribution in [-0.4, -0.2) is 51.9 Å². The molecule has 196 valence electrons. The molecule has 1 N–H and O–H groups in total. The molecule has 2 amide bonds. The first-order valence-electron chi connectivity index (χ1n) is 11.6. The molecule has 1 atom stereocenters. The van der Waals surface area contributed by atoms with Gasteiger partial charge < -0.3 is 15.0 Å². The van der Waals surface area contributed by atoms with Crippen molar-refractivity contribution < 1.29 is 27.1 Å². The fraction of sp³-hybridized carbons (Fsp3) is 0.259. The van der Waals surface area contributed by atoms with Crippen LogP contribution >= 0.6 is 0 Å². The van der Waals surface area contributed by atoms with Crippen LogP contribution in [0.15, 0.2) is 77.7 Å². The molecule has 0 saturated heterocycles. The van der Waals surface area contributed by atoms with E-state index in [1.54, 1.807) is 43.3 Å². The second-order valence-electron chi connectivity index (χ2n) is 8.46. The first-order chi connectivity index (χ1) is 17.6. The van der Waals surface area contributed by atoms with Crippen LogP contribution in [-0.2, 0) is 26.2 Å². The summed E-state index contributed by atoms with van der Waals surface area (Å²) in [5, 5.41) is 2.53. The summed E-state index contributed by atoms with van der Waals surface area (Å²) < 4.78 is 47.0. The lowest BCUT2D eigenvalue weighted by Gasteiger charge is -2.31. The van der Waals surface area contributed by atoms with Gasteiger partial charge in [0, 0.05) is 13.6 Å². The summed E-state index contributed by atoms with van der Waals surface area (Å²) in [5.41, 5.74) is 1.71. The van der Waals surface area contributed by atoms with E-state index in [2.05, 4.69) is 5.32 Å². The Bertz CT molecular complexity index is 1330. The lowest BCUT2D eigenvalue weighted by Crippen LogP contribution is -2.50. The number of anilines is 1. The molecular formula is C27H30FN3O5S. The number of sulfonamides is 1. The molecule has 3 aromatic carbocycles. The van der Waals surface area contributed by atoms with Gasteiger partial charge in [-0.05, 0) is 67.9 Å². The first-order valence-corrected chi connectivity index (χ1v) is 13.0. The Morgan fingerprint density at radius 1 is 0.973 bits per heavy atom. The maximum atomic E-state index is 13.7. The van der Waals surface area contributed by atoms with Crippen LogP contribution in [0.4, 0.5) is 10.1 Å². The number of methoxy groups -OCH3 is 1. The van der Waals surface area contributed by atoms with E-state index in [0.717, 1.165) is 27.6 Å². The number of amides is 2. The SMILES string of the molecule is CNC(=O)[C@H](C)N(Cc1ccc(OC)cc1)C(=O)CN(c1ccc(F)cc1)S(=O)(=O)c1ccc(C)cc1. The van der Waals surface area contributed by atoms with Crippen molar-refractivity contribution in [2.24, 2.45) is 0 Å². The van der Waals surface area contributed by atoms with Crippen LogP contribution in [0.25, 0.3) is 0 Å². The van der Waals surface area contributed by atoms with Gasteiger partial charge in [-0.1, -0.05) is 29.8 Å². The molecule has 0 saturated carbocycles. The average molecular weight is 528 g/mol. The second-order valence-corrected chi connectivity index (χ2v) is 10.3. The monoisotopic (exact) mass is 527 g/mol. The molecule has 0 aromatic heterocycles. The molecule has 0 bridgehead atoms. The maximum Gasteiger partial charge on any atom is 0.264 e. The van der Waals surface area contributed by atoms with Gasteiger partial charge >= 0.3 is 0 Å². The first kappa shape index (κ1) is 27.7. The van der Waals surface area contributed by atoms with E-state index in [1.165, 1.54) is 43.3 Å². The second kappa shape index (κ2) is 11.9. The van der Waals surface area contributed by atoms with Crippen molar-refractivity contribution in [3.63, 3.8) is 0 Å². The van der Waals surface area contributed by atoms with Crippen molar-refractivity contribution in [1.29, 1.82) is 0 Å². The largest absolute Gasteiger partial charge is 0.497 e. The highest BCUT2D eigenvalue weighted by molar-refractivity contribution is 7.92. The smallest absolute Gasteiger partial charge is 0.264 e. The van der Waals surface area contributed by atoms with E-state index >= 15 is 0 Å². The standard InChI is InChI=1S/C27H30FN3O5S/c1-19-5-15-25(16-6-19)37(34,35)31(23-11-9-22(28)10-12-23)18-26(32)30(20(2)27(33)29-3)17-21-7-13-24(36-4)14-8-21/h5-16,20H,17-18H2,1-4H3,(H,29,33)/t20-/m0/s1. The predicted molar refractivity (Wildman–Crippen MR) is 139 cm³/mol. The quantitative estimate of drug-likeness (QED) is 0.436. The molecule has 0 aliphatic heterocycles. The van der Waals surface area contributed by atoms with Crippen molar-refractivity contribution in [3.8, 4) is 5.75 Å². The zero-order valence-corrected chi connectivity index (χ0v) is 22.0. The Labute approximate surface area is 216 Å².